The minimum absolute atomic E-state index is 0.0170. The number of alkyl halides is 6. The number of fused-ring (bicyclic) bond motifs is 1. The monoisotopic (exact) mass is 551 g/mol. The lowest BCUT2D eigenvalue weighted by Crippen LogP contribution is -2.24. The summed E-state index contributed by atoms with van der Waals surface area (Å²) >= 11 is 0. The summed E-state index contributed by atoms with van der Waals surface area (Å²) in [5, 5.41) is 19.0. The second kappa shape index (κ2) is 10.6. The molecule has 4 rings (SSSR count). The van der Waals surface area contributed by atoms with Gasteiger partial charge in [-0.3, -0.25) is 4.79 Å². The van der Waals surface area contributed by atoms with Crippen LogP contribution in [0.15, 0.2) is 71.7 Å². The van der Waals surface area contributed by atoms with E-state index in [1.165, 1.54) is 22.8 Å². The van der Waals surface area contributed by atoms with E-state index >= 15 is 0 Å². The van der Waals surface area contributed by atoms with Gasteiger partial charge in [-0.1, -0.05) is 24.3 Å². The van der Waals surface area contributed by atoms with Crippen LogP contribution in [0.2, 0.25) is 0 Å². The molecular weight excluding hydrogens is 528 g/mol. The van der Waals surface area contributed by atoms with Crippen molar-refractivity contribution in [3.63, 3.8) is 0 Å². The van der Waals surface area contributed by atoms with E-state index in [0.717, 1.165) is 24.3 Å². The van der Waals surface area contributed by atoms with Crippen molar-refractivity contribution < 1.29 is 41.4 Å². The molecule has 39 heavy (non-hydrogen) atoms. The molecule has 0 amide bonds. The van der Waals surface area contributed by atoms with Gasteiger partial charge in [0.05, 0.1) is 40.5 Å². The van der Waals surface area contributed by atoms with Gasteiger partial charge in [-0.25, -0.2) is 4.99 Å². The zero-order valence-corrected chi connectivity index (χ0v) is 20.5. The van der Waals surface area contributed by atoms with E-state index in [1.807, 2.05) is 0 Å². The Hall–Kier alpha value is -4.06. The predicted octanol–water partition coefficient (Wildman–Crippen LogP) is 6.20. The second-order valence-corrected chi connectivity index (χ2v) is 8.99. The molecule has 0 bridgehead atoms. The second-order valence-electron chi connectivity index (χ2n) is 8.99. The third-order valence-electron chi connectivity index (χ3n) is 6.26. The fourth-order valence-corrected chi connectivity index (χ4v) is 4.18. The molecule has 6 nitrogen and oxygen atoms in total. The van der Waals surface area contributed by atoms with Gasteiger partial charge in [0, 0.05) is 13.5 Å². The number of aromatic nitrogens is 2. The number of hydrogen-bond donors (Lipinski definition) is 2. The lowest BCUT2D eigenvalue weighted by Gasteiger charge is -2.12. The van der Waals surface area contributed by atoms with Crippen molar-refractivity contribution in [3.8, 4) is 0 Å². The largest absolute Gasteiger partial charge is 0.481 e. The van der Waals surface area contributed by atoms with Crippen LogP contribution in [0.3, 0.4) is 0 Å². The molecular formula is C27H23F6N3O3. The molecule has 0 spiro atoms. The number of aliphatic hydroxyl groups is 1. The quantitative estimate of drug-likeness (QED) is 0.269. The Kier molecular flexibility index (Phi) is 7.60. The first-order valence-corrected chi connectivity index (χ1v) is 11.7. The molecule has 0 saturated carbocycles. The van der Waals surface area contributed by atoms with E-state index < -0.39 is 35.6 Å². The predicted molar refractivity (Wildman–Crippen MR) is 130 cm³/mol. The van der Waals surface area contributed by atoms with Crippen LogP contribution < -0.4 is 5.62 Å². The van der Waals surface area contributed by atoms with Crippen molar-refractivity contribution in [2.75, 3.05) is 0 Å². The highest BCUT2D eigenvalue weighted by Gasteiger charge is 2.31. The molecule has 206 valence electrons. The number of aliphatic hydroxyl groups excluding tert-OH is 1. The van der Waals surface area contributed by atoms with E-state index in [0.29, 0.717) is 16.6 Å². The number of carboxylic acids is 1. The maximum absolute atomic E-state index is 13.5. The van der Waals surface area contributed by atoms with Gasteiger partial charge in [0.1, 0.15) is 0 Å². The summed E-state index contributed by atoms with van der Waals surface area (Å²) in [4.78, 5) is 15.2. The normalized spacial score (nSPS) is 13.7. The van der Waals surface area contributed by atoms with Crippen LogP contribution in [-0.2, 0) is 30.7 Å². The highest BCUT2D eigenvalue weighted by Crippen LogP contribution is 2.32. The van der Waals surface area contributed by atoms with Crippen molar-refractivity contribution >= 4 is 22.7 Å². The Morgan fingerprint density at radius 3 is 2.03 bits per heavy atom. The molecule has 1 heterocycles. The van der Waals surface area contributed by atoms with E-state index in [-0.39, 0.29) is 36.2 Å². The van der Waals surface area contributed by atoms with E-state index in [4.69, 9.17) is 5.11 Å². The average molecular weight is 551 g/mol. The maximum Gasteiger partial charge on any atom is 0.416 e. The van der Waals surface area contributed by atoms with Crippen LogP contribution in [0.25, 0.3) is 11.0 Å². The highest BCUT2D eigenvalue weighted by atomic mass is 19.4. The number of imidazole rings is 1. The van der Waals surface area contributed by atoms with Crippen molar-refractivity contribution in [3.05, 3.63) is 94.6 Å². The van der Waals surface area contributed by atoms with E-state index in [9.17, 15) is 36.2 Å². The van der Waals surface area contributed by atoms with Crippen LogP contribution >= 0.6 is 0 Å². The number of carbonyl (C=O) groups is 1. The van der Waals surface area contributed by atoms with Crippen LogP contribution in [0.4, 0.5) is 32.0 Å². The Balaban J connectivity index is 1.79. The lowest BCUT2D eigenvalue weighted by atomic mass is 10.0. The summed E-state index contributed by atoms with van der Waals surface area (Å²) in [6.07, 6.45) is -10.3. The van der Waals surface area contributed by atoms with E-state index in [2.05, 4.69) is 4.99 Å². The third kappa shape index (κ3) is 6.33. The number of aryl methyl sites for hydroxylation is 1. The van der Waals surface area contributed by atoms with Crippen LogP contribution in [0.5, 0.6) is 0 Å². The lowest BCUT2D eigenvalue weighted by molar-refractivity contribution is -0.138. The first-order valence-electron chi connectivity index (χ1n) is 11.7. The minimum Gasteiger partial charge on any atom is -0.481 e. The molecule has 1 atom stereocenters. The van der Waals surface area contributed by atoms with Crippen molar-refractivity contribution in [2.24, 2.45) is 12.0 Å². The molecule has 0 aliphatic rings. The van der Waals surface area contributed by atoms with Gasteiger partial charge in [0.2, 0.25) is 5.62 Å². The standard InChI is InChI=1S/C27H23F6N3O3/c1-35-21-11-8-19(27(31,32)33)14-22(21)36(25(35)34-20-9-6-18(7-10-20)26(28,29)30)15-16-2-4-17(5-3-16)23(37)12-13-24(38)39/h2-11,14,23,37H,12-13,15H2,1H3,(H,38,39). The molecule has 1 aromatic heterocycles. The van der Waals surface area contributed by atoms with Gasteiger partial charge >= 0.3 is 18.3 Å². The summed E-state index contributed by atoms with van der Waals surface area (Å²) in [6, 6.07) is 13.9. The molecule has 0 aliphatic heterocycles. The van der Waals surface area contributed by atoms with Gasteiger partial charge in [-0.05, 0) is 60.0 Å². The van der Waals surface area contributed by atoms with Gasteiger partial charge in [-0.2, -0.15) is 26.3 Å². The Morgan fingerprint density at radius 1 is 0.872 bits per heavy atom. The molecule has 2 N–H and O–H groups in total. The van der Waals surface area contributed by atoms with Crippen LogP contribution in [0.1, 0.15) is 41.2 Å². The number of benzene rings is 3. The summed E-state index contributed by atoms with van der Waals surface area (Å²) in [7, 11) is 1.59. The highest BCUT2D eigenvalue weighted by molar-refractivity contribution is 5.77. The molecule has 0 saturated heterocycles. The summed E-state index contributed by atoms with van der Waals surface area (Å²) < 4.78 is 82.5. The fraction of sp³-hybridized carbons (Fsp3) is 0.259. The smallest absolute Gasteiger partial charge is 0.416 e. The summed E-state index contributed by atoms with van der Waals surface area (Å²) in [6.45, 7) is 0.0591. The van der Waals surface area contributed by atoms with Crippen molar-refractivity contribution in [2.45, 2.75) is 37.8 Å². The average Bonchev–Trinajstić information content (AvgIpc) is 3.12. The number of hydrogen-bond acceptors (Lipinski definition) is 3. The number of halogens is 6. The fourth-order valence-electron chi connectivity index (χ4n) is 4.18. The van der Waals surface area contributed by atoms with Gasteiger partial charge < -0.3 is 19.3 Å². The van der Waals surface area contributed by atoms with Crippen molar-refractivity contribution in [1.29, 1.82) is 0 Å². The Bertz CT molecular complexity index is 1550. The minimum atomic E-state index is -4.60. The Morgan fingerprint density at radius 2 is 1.46 bits per heavy atom. The van der Waals surface area contributed by atoms with Gasteiger partial charge in [-0.15, -0.1) is 0 Å². The molecule has 0 radical (unpaired) electrons. The summed E-state index contributed by atoms with van der Waals surface area (Å²) in [5.41, 5.74) is 0.419. The molecule has 0 fully saturated rings. The topological polar surface area (TPSA) is 79.8 Å². The number of rotatable bonds is 7. The molecule has 0 aliphatic carbocycles. The molecule has 4 aromatic rings. The summed E-state index contributed by atoms with van der Waals surface area (Å²) in [5.74, 6) is -1.04. The van der Waals surface area contributed by atoms with Gasteiger partial charge in [0.25, 0.3) is 0 Å². The zero-order valence-electron chi connectivity index (χ0n) is 20.5. The first-order chi connectivity index (χ1) is 18.2. The van der Waals surface area contributed by atoms with Crippen LogP contribution in [-0.4, -0.2) is 25.3 Å². The third-order valence-corrected chi connectivity index (χ3v) is 6.26. The van der Waals surface area contributed by atoms with Crippen LogP contribution in [0, 0.1) is 0 Å². The molecule has 12 heteroatoms. The molecule has 3 aromatic carbocycles. The molecule has 1 unspecified atom stereocenters. The number of nitrogens with zero attached hydrogens (tertiary/aromatic N) is 3. The van der Waals surface area contributed by atoms with E-state index in [1.54, 1.807) is 35.9 Å². The Labute approximate surface area is 218 Å². The number of carboxylic acid groups (broad SMARTS) is 1. The SMILES string of the molecule is Cn1c(=Nc2ccc(C(F)(F)F)cc2)n(Cc2ccc(C(O)CCC(=O)O)cc2)c2cc(C(F)(F)F)ccc21. The zero-order chi connectivity index (χ0) is 28.5. The number of aliphatic carboxylic acids is 1. The van der Waals surface area contributed by atoms with Gasteiger partial charge in [0.15, 0.2) is 0 Å². The van der Waals surface area contributed by atoms with Crippen molar-refractivity contribution in [1.82, 2.24) is 9.13 Å². The maximum atomic E-state index is 13.5. The first kappa shape index (κ1) is 28.0.